The van der Waals surface area contributed by atoms with Gasteiger partial charge in [-0.2, -0.15) is 0 Å². The van der Waals surface area contributed by atoms with Crippen LogP contribution in [0.1, 0.15) is 127 Å². The van der Waals surface area contributed by atoms with Crippen LogP contribution in [0.25, 0.3) is 0 Å². The van der Waals surface area contributed by atoms with Crippen molar-refractivity contribution in [1.82, 2.24) is 0 Å². The van der Waals surface area contributed by atoms with Gasteiger partial charge >= 0.3 is 5.97 Å². The molecule has 0 aliphatic rings. The molecule has 0 aliphatic carbocycles. The average Bonchev–Trinajstić information content (AvgIpc) is 2.75. The fourth-order valence-electron chi connectivity index (χ4n) is 4.73. The minimum atomic E-state index is -0.328. The maximum atomic E-state index is 12.3. The average molecular weight is 505 g/mol. The Balaban J connectivity index is 0. The zero-order chi connectivity index (χ0) is 28.4. The van der Waals surface area contributed by atoms with E-state index in [-0.39, 0.29) is 34.6 Å². The second kappa shape index (κ2) is 19.2. The molecule has 36 heavy (non-hydrogen) atoms. The molecule has 4 nitrogen and oxygen atoms in total. The highest BCUT2D eigenvalue weighted by atomic mass is 16.6. The van der Waals surface area contributed by atoms with E-state index in [4.69, 9.17) is 4.74 Å². The Morgan fingerprint density at radius 1 is 0.833 bits per heavy atom. The molecule has 1 aromatic carbocycles. The Morgan fingerprint density at radius 3 is 1.72 bits per heavy atom. The Morgan fingerprint density at radius 2 is 1.39 bits per heavy atom. The van der Waals surface area contributed by atoms with Gasteiger partial charge in [0.1, 0.15) is 17.2 Å². The van der Waals surface area contributed by atoms with Gasteiger partial charge in [0, 0.05) is 18.8 Å². The molecule has 0 spiro atoms. The maximum Gasteiger partial charge on any atom is 0.303 e. The van der Waals surface area contributed by atoms with Crippen LogP contribution in [0.3, 0.4) is 0 Å². The predicted octanol–water partition coefficient (Wildman–Crippen LogP) is 8.79. The van der Waals surface area contributed by atoms with Crippen molar-refractivity contribution in [2.24, 2.45) is 17.3 Å². The largest absolute Gasteiger partial charge is 0.460 e. The molecule has 1 aromatic rings. The number of hydrogen-bond donors (Lipinski definition) is 0. The number of aryl methyl sites for hydroxylation is 1. The standard InChI is InChI=1S/C17H32O2.C9H12.C6H12O2/c1-7-9-11-17(10-8-2,16(6)19)15(5)13(3)12-14(4)18;1-2-6-9-7-4-3-5-8-9;1-5(7)8-6(2,3)4/h13,15H,7-12H2,1-6H3;3-5,7-8H,2,6H2,1H3;1-4H3. The molecule has 0 saturated heterocycles. The number of ether oxygens (including phenoxy) is 1. The number of ketones is 2. The lowest BCUT2D eigenvalue weighted by molar-refractivity contribution is -0.151. The van der Waals surface area contributed by atoms with Gasteiger partial charge in [0.05, 0.1) is 0 Å². The molecule has 3 unspecified atom stereocenters. The first kappa shape index (κ1) is 36.2. The first-order valence-corrected chi connectivity index (χ1v) is 13.9. The first-order valence-electron chi connectivity index (χ1n) is 13.9. The Hall–Kier alpha value is -1.97. The Labute approximate surface area is 223 Å². The normalized spacial score (nSPS) is 14.1. The van der Waals surface area contributed by atoms with Gasteiger partial charge in [0.15, 0.2) is 0 Å². The predicted molar refractivity (Wildman–Crippen MR) is 153 cm³/mol. The molecule has 1 rings (SSSR count). The maximum absolute atomic E-state index is 12.3. The van der Waals surface area contributed by atoms with Crippen LogP contribution in [0.2, 0.25) is 0 Å². The van der Waals surface area contributed by atoms with Crippen LogP contribution >= 0.6 is 0 Å². The molecule has 208 valence electrons. The van der Waals surface area contributed by atoms with Crippen LogP contribution in [0.4, 0.5) is 0 Å². The van der Waals surface area contributed by atoms with E-state index in [2.05, 4.69) is 65.0 Å². The van der Waals surface area contributed by atoms with E-state index >= 15 is 0 Å². The molecule has 0 radical (unpaired) electrons. The van der Waals surface area contributed by atoms with Crippen molar-refractivity contribution < 1.29 is 19.1 Å². The highest BCUT2D eigenvalue weighted by Crippen LogP contribution is 2.43. The molecule has 0 saturated carbocycles. The molecular weight excluding hydrogens is 448 g/mol. The monoisotopic (exact) mass is 504 g/mol. The van der Waals surface area contributed by atoms with Crippen LogP contribution in [0, 0.1) is 17.3 Å². The van der Waals surface area contributed by atoms with Gasteiger partial charge in [-0.25, -0.2) is 0 Å². The summed E-state index contributed by atoms with van der Waals surface area (Å²) in [6, 6.07) is 10.6. The second-order valence-corrected chi connectivity index (χ2v) is 11.2. The Kier molecular flexibility index (Phi) is 19.3. The molecule has 0 bridgehead atoms. The summed E-state index contributed by atoms with van der Waals surface area (Å²) in [5.74, 6) is 0.872. The summed E-state index contributed by atoms with van der Waals surface area (Å²) < 4.78 is 4.80. The smallest absolute Gasteiger partial charge is 0.303 e. The molecule has 0 aromatic heterocycles. The van der Waals surface area contributed by atoms with Gasteiger partial charge < -0.3 is 9.53 Å². The van der Waals surface area contributed by atoms with Crippen LogP contribution in [-0.4, -0.2) is 23.1 Å². The fraction of sp³-hybridized carbons (Fsp3) is 0.719. The lowest BCUT2D eigenvalue weighted by atomic mass is 9.62. The van der Waals surface area contributed by atoms with E-state index < -0.39 is 0 Å². The number of esters is 1. The van der Waals surface area contributed by atoms with Crippen molar-refractivity contribution in [3.05, 3.63) is 35.9 Å². The summed E-state index contributed by atoms with van der Waals surface area (Å²) in [6.45, 7) is 21.1. The quantitative estimate of drug-likeness (QED) is 0.267. The van der Waals surface area contributed by atoms with E-state index in [1.165, 1.54) is 25.3 Å². The summed E-state index contributed by atoms with van der Waals surface area (Å²) in [5.41, 5.74) is 0.894. The third-order valence-corrected chi connectivity index (χ3v) is 6.54. The lowest BCUT2D eigenvalue weighted by Gasteiger charge is -2.40. The minimum Gasteiger partial charge on any atom is -0.460 e. The highest BCUT2D eigenvalue weighted by Gasteiger charge is 2.41. The molecule has 4 heteroatoms. The zero-order valence-corrected chi connectivity index (χ0v) is 25.3. The fourth-order valence-corrected chi connectivity index (χ4v) is 4.73. The summed E-state index contributed by atoms with van der Waals surface area (Å²) in [5, 5.41) is 0. The van der Waals surface area contributed by atoms with E-state index in [0.29, 0.717) is 12.2 Å². The molecule has 0 amide bonds. The number of carbonyl (C=O) groups is 3. The van der Waals surface area contributed by atoms with Crippen molar-refractivity contribution in [3.63, 3.8) is 0 Å². The second-order valence-electron chi connectivity index (χ2n) is 11.2. The van der Waals surface area contributed by atoms with Crippen LogP contribution < -0.4 is 0 Å². The van der Waals surface area contributed by atoms with Crippen molar-refractivity contribution >= 4 is 17.5 Å². The number of hydrogen-bond acceptors (Lipinski definition) is 4. The summed E-state index contributed by atoms with van der Waals surface area (Å²) in [4.78, 5) is 33.9. The Bertz CT molecular complexity index is 732. The van der Waals surface area contributed by atoms with E-state index in [1.807, 2.05) is 20.8 Å². The minimum absolute atomic E-state index is 0.223. The molecule has 0 N–H and O–H groups in total. The zero-order valence-electron chi connectivity index (χ0n) is 25.3. The highest BCUT2D eigenvalue weighted by molar-refractivity contribution is 5.83. The van der Waals surface area contributed by atoms with Gasteiger partial charge in [-0.3, -0.25) is 9.59 Å². The van der Waals surface area contributed by atoms with Crippen LogP contribution in [-0.2, 0) is 25.5 Å². The molecule has 0 heterocycles. The molecule has 3 atom stereocenters. The summed E-state index contributed by atoms with van der Waals surface area (Å²) in [6.07, 6.45) is 8.20. The van der Waals surface area contributed by atoms with E-state index in [1.54, 1.807) is 13.8 Å². The van der Waals surface area contributed by atoms with Gasteiger partial charge in [0.2, 0.25) is 0 Å². The van der Waals surface area contributed by atoms with E-state index in [9.17, 15) is 14.4 Å². The van der Waals surface area contributed by atoms with Crippen molar-refractivity contribution in [3.8, 4) is 0 Å². The first-order chi connectivity index (χ1) is 16.7. The SMILES string of the molecule is CC(=O)OC(C)(C)C.CCCCC(CCC)(C(C)=O)C(C)C(C)CC(C)=O.CCCc1ccccc1. The number of rotatable bonds is 12. The van der Waals surface area contributed by atoms with Crippen molar-refractivity contribution in [1.29, 1.82) is 0 Å². The molecule has 0 aliphatic heterocycles. The third-order valence-electron chi connectivity index (χ3n) is 6.54. The van der Waals surface area contributed by atoms with E-state index in [0.717, 1.165) is 32.1 Å². The third kappa shape index (κ3) is 16.7. The number of carbonyl (C=O) groups excluding carboxylic acids is 3. The van der Waals surface area contributed by atoms with Gasteiger partial charge in [-0.1, -0.05) is 90.6 Å². The van der Waals surface area contributed by atoms with Gasteiger partial charge in [-0.15, -0.1) is 0 Å². The van der Waals surface area contributed by atoms with Crippen molar-refractivity contribution in [2.75, 3.05) is 0 Å². The number of unbranched alkanes of at least 4 members (excludes halogenated alkanes) is 1. The lowest BCUT2D eigenvalue weighted by Crippen LogP contribution is -2.39. The number of benzene rings is 1. The topological polar surface area (TPSA) is 60.4 Å². The van der Waals surface area contributed by atoms with Gasteiger partial charge in [-0.05, 0) is 71.3 Å². The number of Topliss-reactive ketones (excluding diaryl/α,β-unsaturated/α-hetero) is 2. The molecular formula is C32H56O4. The van der Waals surface area contributed by atoms with Gasteiger partial charge in [0.25, 0.3) is 0 Å². The van der Waals surface area contributed by atoms with Crippen molar-refractivity contribution in [2.45, 2.75) is 133 Å². The summed E-state index contributed by atoms with van der Waals surface area (Å²) >= 11 is 0. The van der Waals surface area contributed by atoms with Crippen LogP contribution in [0.5, 0.6) is 0 Å². The summed E-state index contributed by atoms with van der Waals surface area (Å²) in [7, 11) is 0. The van der Waals surface area contributed by atoms with Crippen LogP contribution in [0.15, 0.2) is 30.3 Å². The molecule has 0 fully saturated rings.